The third kappa shape index (κ3) is 4.99. The van der Waals surface area contributed by atoms with Gasteiger partial charge in [0, 0.05) is 12.0 Å². The Kier molecular flexibility index (Phi) is 6.24. The SMILES string of the molecule is C[C@@H](OC(=O)[C@H](Cc1ccccc1)N1C(=O)c2ccccc2C1=O)C(=O)NC(C)(C)C. The summed E-state index contributed by atoms with van der Waals surface area (Å²) in [5.74, 6) is -2.37. The fourth-order valence-corrected chi connectivity index (χ4v) is 3.39. The minimum Gasteiger partial charge on any atom is -0.451 e. The third-order valence-electron chi connectivity index (χ3n) is 4.84. The first kappa shape index (κ1) is 22.2. The fourth-order valence-electron chi connectivity index (χ4n) is 3.39. The molecular weight excluding hydrogens is 396 g/mol. The second kappa shape index (κ2) is 8.71. The number of amides is 3. The molecule has 0 aliphatic carbocycles. The van der Waals surface area contributed by atoms with Crippen LogP contribution in [0.4, 0.5) is 0 Å². The Morgan fingerprint density at radius 3 is 1.97 bits per heavy atom. The number of esters is 1. The number of nitrogens with one attached hydrogen (secondary N) is 1. The van der Waals surface area contributed by atoms with E-state index in [0.717, 1.165) is 10.5 Å². The minimum atomic E-state index is -1.19. The molecule has 3 rings (SSSR count). The molecule has 1 aliphatic heterocycles. The number of rotatable bonds is 6. The quantitative estimate of drug-likeness (QED) is 0.571. The average molecular weight is 422 g/mol. The van der Waals surface area contributed by atoms with Gasteiger partial charge in [0.2, 0.25) is 0 Å². The van der Waals surface area contributed by atoms with Gasteiger partial charge in [-0.2, -0.15) is 0 Å². The zero-order valence-electron chi connectivity index (χ0n) is 18.0. The van der Waals surface area contributed by atoms with Gasteiger partial charge in [0.15, 0.2) is 6.10 Å². The van der Waals surface area contributed by atoms with Crippen molar-refractivity contribution in [2.75, 3.05) is 0 Å². The lowest BCUT2D eigenvalue weighted by Gasteiger charge is -2.27. The standard InChI is InChI=1S/C24H26N2O5/c1-15(20(27)25-24(2,3)4)31-23(30)19(14-16-10-6-5-7-11-16)26-21(28)17-12-8-9-13-18(17)22(26)29/h5-13,15,19H,14H2,1-4H3,(H,25,27)/t15-,19+/m1/s1. The molecule has 0 aromatic heterocycles. The monoisotopic (exact) mass is 422 g/mol. The number of fused-ring (bicyclic) bond motifs is 1. The molecule has 0 fully saturated rings. The van der Waals surface area contributed by atoms with Gasteiger partial charge in [-0.25, -0.2) is 4.79 Å². The molecule has 1 N–H and O–H groups in total. The van der Waals surface area contributed by atoms with Gasteiger partial charge in [-0.1, -0.05) is 42.5 Å². The minimum absolute atomic E-state index is 0.0821. The number of hydrogen-bond donors (Lipinski definition) is 1. The number of carbonyl (C=O) groups is 4. The summed E-state index contributed by atoms with van der Waals surface area (Å²) in [6.45, 7) is 6.91. The van der Waals surface area contributed by atoms with E-state index >= 15 is 0 Å². The van der Waals surface area contributed by atoms with Gasteiger partial charge in [0.05, 0.1) is 11.1 Å². The zero-order valence-corrected chi connectivity index (χ0v) is 18.0. The smallest absolute Gasteiger partial charge is 0.330 e. The molecule has 1 aliphatic rings. The molecule has 0 radical (unpaired) electrons. The van der Waals surface area contributed by atoms with Crippen LogP contribution in [-0.4, -0.2) is 46.3 Å². The van der Waals surface area contributed by atoms with Crippen LogP contribution < -0.4 is 5.32 Å². The maximum absolute atomic E-state index is 13.1. The van der Waals surface area contributed by atoms with Crippen LogP contribution in [0.2, 0.25) is 0 Å². The van der Waals surface area contributed by atoms with Gasteiger partial charge in [0.1, 0.15) is 6.04 Å². The topological polar surface area (TPSA) is 92.8 Å². The Labute approximate surface area is 181 Å². The normalized spacial score (nSPS) is 15.3. The van der Waals surface area contributed by atoms with Gasteiger partial charge >= 0.3 is 5.97 Å². The first-order valence-corrected chi connectivity index (χ1v) is 10.1. The number of imide groups is 1. The molecule has 1 heterocycles. The lowest BCUT2D eigenvalue weighted by molar-refractivity contribution is -0.159. The molecule has 2 atom stereocenters. The van der Waals surface area contributed by atoms with Gasteiger partial charge in [0.25, 0.3) is 17.7 Å². The molecule has 3 amide bonds. The number of hydrogen-bond acceptors (Lipinski definition) is 5. The zero-order chi connectivity index (χ0) is 22.8. The van der Waals surface area contributed by atoms with Crippen LogP contribution in [0.15, 0.2) is 54.6 Å². The van der Waals surface area contributed by atoms with Crippen molar-refractivity contribution in [1.29, 1.82) is 0 Å². The summed E-state index contributed by atoms with van der Waals surface area (Å²) in [6, 6.07) is 14.3. The lowest BCUT2D eigenvalue weighted by Crippen LogP contribution is -2.50. The molecule has 2 aromatic rings. The van der Waals surface area contributed by atoms with Crippen LogP contribution in [0.3, 0.4) is 0 Å². The Bertz CT molecular complexity index is 975. The van der Waals surface area contributed by atoms with Crippen molar-refractivity contribution in [3.63, 3.8) is 0 Å². The van der Waals surface area contributed by atoms with E-state index in [1.54, 1.807) is 48.5 Å². The maximum atomic E-state index is 13.1. The first-order chi connectivity index (χ1) is 14.6. The molecule has 2 aromatic carbocycles. The molecular formula is C24H26N2O5. The average Bonchev–Trinajstić information content (AvgIpc) is 2.96. The molecule has 162 valence electrons. The summed E-state index contributed by atoms with van der Waals surface area (Å²) >= 11 is 0. The van der Waals surface area contributed by atoms with Crippen LogP contribution in [0, 0.1) is 0 Å². The van der Waals surface area contributed by atoms with Crippen LogP contribution in [-0.2, 0) is 20.7 Å². The Morgan fingerprint density at radius 2 is 1.45 bits per heavy atom. The summed E-state index contributed by atoms with van der Waals surface area (Å²) < 4.78 is 5.40. The Morgan fingerprint density at radius 1 is 0.935 bits per heavy atom. The summed E-state index contributed by atoms with van der Waals surface area (Å²) in [7, 11) is 0. The summed E-state index contributed by atoms with van der Waals surface area (Å²) in [4.78, 5) is 52.4. The molecule has 0 saturated carbocycles. The van der Waals surface area contributed by atoms with E-state index < -0.39 is 41.4 Å². The van der Waals surface area contributed by atoms with E-state index in [1.807, 2.05) is 26.8 Å². The van der Waals surface area contributed by atoms with E-state index in [2.05, 4.69) is 5.32 Å². The predicted molar refractivity (Wildman–Crippen MR) is 114 cm³/mol. The van der Waals surface area contributed by atoms with Gasteiger partial charge < -0.3 is 10.1 Å². The second-order valence-electron chi connectivity index (χ2n) is 8.55. The Hall–Kier alpha value is -3.48. The van der Waals surface area contributed by atoms with Crippen LogP contribution >= 0.6 is 0 Å². The van der Waals surface area contributed by atoms with Crippen molar-refractivity contribution in [3.8, 4) is 0 Å². The van der Waals surface area contributed by atoms with Crippen LogP contribution in [0.5, 0.6) is 0 Å². The summed E-state index contributed by atoms with van der Waals surface area (Å²) in [5, 5.41) is 2.75. The highest BCUT2D eigenvalue weighted by molar-refractivity contribution is 6.22. The van der Waals surface area contributed by atoms with E-state index in [9.17, 15) is 19.2 Å². The fraction of sp³-hybridized carbons (Fsp3) is 0.333. The molecule has 7 heteroatoms. The highest BCUT2D eigenvalue weighted by atomic mass is 16.5. The molecule has 0 bridgehead atoms. The van der Waals surface area contributed by atoms with Crippen molar-refractivity contribution in [2.24, 2.45) is 0 Å². The van der Waals surface area contributed by atoms with E-state index in [0.29, 0.717) is 0 Å². The van der Waals surface area contributed by atoms with Crippen LogP contribution in [0.25, 0.3) is 0 Å². The van der Waals surface area contributed by atoms with Gasteiger partial charge in [-0.3, -0.25) is 19.3 Å². The second-order valence-corrected chi connectivity index (χ2v) is 8.55. The summed E-state index contributed by atoms with van der Waals surface area (Å²) in [6.07, 6.45) is -1.00. The van der Waals surface area contributed by atoms with Crippen molar-refractivity contribution in [2.45, 2.75) is 51.8 Å². The number of carbonyl (C=O) groups excluding carboxylic acids is 4. The van der Waals surface area contributed by atoms with E-state index in [1.165, 1.54) is 6.92 Å². The van der Waals surface area contributed by atoms with E-state index in [4.69, 9.17) is 4.74 Å². The van der Waals surface area contributed by atoms with Crippen molar-refractivity contribution >= 4 is 23.7 Å². The van der Waals surface area contributed by atoms with E-state index in [-0.39, 0.29) is 17.5 Å². The number of ether oxygens (including phenoxy) is 1. The lowest BCUT2D eigenvalue weighted by atomic mass is 10.0. The van der Waals surface area contributed by atoms with Crippen molar-refractivity contribution in [3.05, 3.63) is 71.3 Å². The molecule has 7 nitrogen and oxygen atoms in total. The van der Waals surface area contributed by atoms with Gasteiger partial charge in [-0.05, 0) is 45.4 Å². The first-order valence-electron chi connectivity index (χ1n) is 10.1. The largest absolute Gasteiger partial charge is 0.451 e. The van der Waals surface area contributed by atoms with Crippen molar-refractivity contribution < 1.29 is 23.9 Å². The number of nitrogens with zero attached hydrogens (tertiary/aromatic N) is 1. The third-order valence-corrected chi connectivity index (χ3v) is 4.84. The Balaban J connectivity index is 1.87. The highest BCUT2D eigenvalue weighted by Gasteiger charge is 2.44. The molecule has 0 saturated heterocycles. The maximum Gasteiger partial charge on any atom is 0.330 e. The van der Waals surface area contributed by atoms with Crippen LogP contribution in [0.1, 0.15) is 54.0 Å². The van der Waals surface area contributed by atoms with Gasteiger partial charge in [-0.15, -0.1) is 0 Å². The molecule has 0 spiro atoms. The van der Waals surface area contributed by atoms with Crippen molar-refractivity contribution in [1.82, 2.24) is 10.2 Å². The predicted octanol–water partition coefficient (Wildman–Crippen LogP) is 2.74. The number of benzene rings is 2. The molecule has 0 unspecified atom stereocenters. The highest BCUT2D eigenvalue weighted by Crippen LogP contribution is 2.26. The summed E-state index contributed by atoms with van der Waals surface area (Å²) in [5.41, 5.74) is 0.755. The molecule has 31 heavy (non-hydrogen) atoms.